The number of pyridine rings is 1. The van der Waals surface area contributed by atoms with Crippen molar-refractivity contribution in [2.24, 2.45) is 5.84 Å². The van der Waals surface area contributed by atoms with E-state index < -0.39 is 0 Å². The van der Waals surface area contributed by atoms with Crippen LogP contribution in [0.15, 0.2) is 10.6 Å². The zero-order valence-corrected chi connectivity index (χ0v) is 8.37. The highest BCUT2D eigenvalue weighted by atomic mass is 16.5. The predicted octanol–water partition coefficient (Wildman–Crippen LogP) is 0.443. The van der Waals surface area contributed by atoms with Crippen LogP contribution < -0.4 is 11.3 Å². The number of aryl methyl sites for hydroxylation is 2. The number of hydrogen-bond donors (Lipinski definition) is 2. The van der Waals surface area contributed by atoms with Gasteiger partial charge in [-0.25, -0.2) is 10.8 Å². The van der Waals surface area contributed by atoms with Crippen LogP contribution in [0, 0.1) is 13.8 Å². The van der Waals surface area contributed by atoms with Gasteiger partial charge in [0, 0.05) is 5.69 Å². The molecule has 0 aliphatic carbocycles. The Morgan fingerprint density at radius 3 is 2.93 bits per heavy atom. The largest absolute Gasteiger partial charge is 0.336 e. The zero-order chi connectivity index (χ0) is 11.0. The van der Waals surface area contributed by atoms with Crippen LogP contribution in [-0.4, -0.2) is 16.0 Å². The van der Waals surface area contributed by atoms with Crippen molar-refractivity contribution in [1.29, 1.82) is 0 Å². The van der Waals surface area contributed by atoms with Crippen molar-refractivity contribution in [2.75, 3.05) is 0 Å². The topological polar surface area (TPSA) is 94.0 Å². The second-order valence-electron chi connectivity index (χ2n) is 3.23. The summed E-state index contributed by atoms with van der Waals surface area (Å²) in [5.74, 6) is 4.72. The molecule has 0 saturated carbocycles. The summed E-state index contributed by atoms with van der Waals surface area (Å²) in [4.78, 5) is 15.6. The molecule has 2 aromatic heterocycles. The minimum absolute atomic E-state index is 0.353. The minimum atomic E-state index is -0.378. The molecule has 2 rings (SSSR count). The lowest BCUT2D eigenvalue weighted by molar-refractivity contribution is 0.0955. The SMILES string of the molecule is Cc1cc(C(=O)NN)c2c(C)noc2n1. The van der Waals surface area contributed by atoms with E-state index in [0.29, 0.717) is 28.1 Å². The third kappa shape index (κ3) is 1.44. The summed E-state index contributed by atoms with van der Waals surface area (Å²) in [6.45, 7) is 3.51. The highest BCUT2D eigenvalue weighted by molar-refractivity contribution is 6.05. The van der Waals surface area contributed by atoms with E-state index in [4.69, 9.17) is 10.4 Å². The molecule has 0 aromatic carbocycles. The number of aromatic nitrogens is 2. The van der Waals surface area contributed by atoms with Crippen molar-refractivity contribution < 1.29 is 9.32 Å². The molecular formula is C9H10N4O2. The van der Waals surface area contributed by atoms with Gasteiger partial charge in [-0.05, 0) is 19.9 Å². The van der Waals surface area contributed by atoms with E-state index in [-0.39, 0.29) is 5.91 Å². The number of fused-ring (bicyclic) bond motifs is 1. The van der Waals surface area contributed by atoms with Crippen molar-refractivity contribution in [3.8, 4) is 0 Å². The first-order valence-electron chi connectivity index (χ1n) is 4.38. The first kappa shape index (κ1) is 9.60. The molecule has 0 spiro atoms. The molecular weight excluding hydrogens is 196 g/mol. The summed E-state index contributed by atoms with van der Waals surface area (Å²) in [7, 11) is 0. The number of nitrogens with two attached hydrogens (primary N) is 1. The van der Waals surface area contributed by atoms with Crippen LogP contribution in [0.1, 0.15) is 21.7 Å². The summed E-state index contributed by atoms with van der Waals surface area (Å²) in [6.07, 6.45) is 0. The molecule has 0 atom stereocenters. The Kier molecular flexibility index (Phi) is 2.12. The number of amides is 1. The Morgan fingerprint density at radius 1 is 1.53 bits per heavy atom. The molecule has 15 heavy (non-hydrogen) atoms. The van der Waals surface area contributed by atoms with Crippen molar-refractivity contribution >= 4 is 17.0 Å². The fourth-order valence-electron chi connectivity index (χ4n) is 1.47. The predicted molar refractivity (Wildman–Crippen MR) is 52.9 cm³/mol. The molecule has 6 nitrogen and oxygen atoms in total. The Hall–Kier alpha value is -1.95. The van der Waals surface area contributed by atoms with Gasteiger partial charge in [-0.15, -0.1) is 0 Å². The average Bonchev–Trinajstić information content (AvgIpc) is 2.58. The van der Waals surface area contributed by atoms with Crippen LogP contribution in [0.4, 0.5) is 0 Å². The van der Waals surface area contributed by atoms with Gasteiger partial charge in [0.2, 0.25) is 0 Å². The number of nitrogen functional groups attached to an aromatic ring is 1. The molecule has 0 unspecified atom stereocenters. The standard InChI is InChI=1S/C9H10N4O2/c1-4-3-6(8(14)12-10)7-5(2)13-15-9(7)11-4/h3H,10H2,1-2H3,(H,12,14). The van der Waals surface area contributed by atoms with Crippen molar-refractivity contribution in [3.05, 3.63) is 23.0 Å². The smallest absolute Gasteiger partial charge is 0.266 e. The van der Waals surface area contributed by atoms with Crippen molar-refractivity contribution in [1.82, 2.24) is 15.6 Å². The molecule has 0 fully saturated rings. The fraction of sp³-hybridized carbons (Fsp3) is 0.222. The molecule has 0 bridgehead atoms. The molecule has 3 N–H and O–H groups in total. The third-order valence-corrected chi connectivity index (χ3v) is 2.12. The van der Waals surface area contributed by atoms with E-state index >= 15 is 0 Å². The van der Waals surface area contributed by atoms with Gasteiger partial charge in [-0.3, -0.25) is 10.2 Å². The molecule has 1 amide bonds. The van der Waals surface area contributed by atoms with Crippen LogP contribution in [0.3, 0.4) is 0 Å². The minimum Gasteiger partial charge on any atom is -0.336 e. The van der Waals surface area contributed by atoms with Gasteiger partial charge in [-0.1, -0.05) is 5.16 Å². The van der Waals surface area contributed by atoms with Gasteiger partial charge < -0.3 is 4.52 Å². The van der Waals surface area contributed by atoms with Gasteiger partial charge in [0.15, 0.2) is 0 Å². The zero-order valence-electron chi connectivity index (χ0n) is 8.37. The second kappa shape index (κ2) is 3.32. The van der Waals surface area contributed by atoms with E-state index in [0.717, 1.165) is 0 Å². The van der Waals surface area contributed by atoms with E-state index in [1.54, 1.807) is 19.9 Å². The number of nitrogens with zero attached hydrogens (tertiary/aromatic N) is 2. The lowest BCUT2D eigenvalue weighted by atomic mass is 10.1. The highest BCUT2D eigenvalue weighted by Crippen LogP contribution is 2.21. The lowest BCUT2D eigenvalue weighted by Gasteiger charge is -2.01. The van der Waals surface area contributed by atoms with Crippen LogP contribution in [0.5, 0.6) is 0 Å². The molecule has 78 valence electrons. The van der Waals surface area contributed by atoms with Gasteiger partial charge in [0.05, 0.1) is 16.6 Å². The highest BCUT2D eigenvalue weighted by Gasteiger charge is 2.16. The monoisotopic (exact) mass is 206 g/mol. The molecule has 0 saturated heterocycles. The van der Waals surface area contributed by atoms with Crippen molar-refractivity contribution in [3.63, 3.8) is 0 Å². The Balaban J connectivity index is 2.80. The quantitative estimate of drug-likeness (QED) is 0.401. The van der Waals surface area contributed by atoms with Crippen molar-refractivity contribution in [2.45, 2.75) is 13.8 Å². The maximum Gasteiger partial charge on any atom is 0.266 e. The summed E-state index contributed by atoms with van der Waals surface area (Å²) in [6, 6.07) is 1.65. The first-order valence-corrected chi connectivity index (χ1v) is 4.38. The number of hydrogen-bond acceptors (Lipinski definition) is 5. The Morgan fingerprint density at radius 2 is 2.27 bits per heavy atom. The first-order chi connectivity index (χ1) is 7.13. The van der Waals surface area contributed by atoms with Gasteiger partial charge in [-0.2, -0.15) is 0 Å². The van der Waals surface area contributed by atoms with Gasteiger partial charge in [0.1, 0.15) is 0 Å². The third-order valence-electron chi connectivity index (χ3n) is 2.12. The Labute approximate surface area is 85.4 Å². The van der Waals surface area contributed by atoms with E-state index in [1.165, 1.54) is 0 Å². The summed E-state index contributed by atoms with van der Waals surface area (Å²) in [5.41, 5.74) is 4.16. The molecule has 0 aliphatic heterocycles. The van der Waals surface area contributed by atoms with Crippen LogP contribution in [-0.2, 0) is 0 Å². The summed E-state index contributed by atoms with van der Waals surface area (Å²) in [5, 5.41) is 4.36. The van der Waals surface area contributed by atoms with Crippen LogP contribution in [0.2, 0.25) is 0 Å². The molecule has 6 heteroatoms. The normalized spacial score (nSPS) is 10.6. The number of rotatable bonds is 1. The molecule has 0 radical (unpaired) electrons. The number of carbonyl (C=O) groups is 1. The lowest BCUT2D eigenvalue weighted by Crippen LogP contribution is -2.30. The molecule has 2 aromatic rings. The Bertz CT molecular complexity index is 532. The van der Waals surface area contributed by atoms with E-state index in [9.17, 15) is 4.79 Å². The second-order valence-corrected chi connectivity index (χ2v) is 3.23. The maximum absolute atomic E-state index is 11.5. The van der Waals surface area contributed by atoms with Gasteiger partial charge in [0.25, 0.3) is 11.6 Å². The summed E-state index contributed by atoms with van der Waals surface area (Å²) >= 11 is 0. The number of nitrogens with one attached hydrogen (secondary N) is 1. The number of hydrazine groups is 1. The average molecular weight is 206 g/mol. The van der Waals surface area contributed by atoms with Gasteiger partial charge >= 0.3 is 0 Å². The molecule has 2 heterocycles. The molecule has 0 aliphatic rings. The van der Waals surface area contributed by atoms with E-state index in [1.807, 2.05) is 0 Å². The summed E-state index contributed by atoms with van der Waals surface area (Å²) < 4.78 is 4.98. The van der Waals surface area contributed by atoms with Crippen LogP contribution in [0.25, 0.3) is 11.1 Å². The number of carbonyl (C=O) groups excluding carboxylic acids is 1. The maximum atomic E-state index is 11.5. The van der Waals surface area contributed by atoms with E-state index in [2.05, 4.69) is 15.6 Å². The van der Waals surface area contributed by atoms with Crippen LogP contribution >= 0.6 is 0 Å². The fourth-order valence-corrected chi connectivity index (χ4v) is 1.47.